The molecule has 34 nitrogen and oxygen atoms in total. The number of anilines is 4. The average molecular weight is 1870 g/mol. The summed E-state index contributed by atoms with van der Waals surface area (Å²) in [5, 5.41) is 12.0. The van der Waals surface area contributed by atoms with Gasteiger partial charge in [-0.15, -0.1) is 0 Å². The highest BCUT2D eigenvalue weighted by Crippen LogP contribution is 2.29. The number of nitrogens with one attached hydrogen (secondary N) is 4. The minimum atomic E-state index is -0.264. The molecule has 5 aliphatic rings. The number of carbonyl (C=O) groups is 6. The summed E-state index contributed by atoms with van der Waals surface area (Å²) >= 11 is 0. The zero-order valence-electron chi connectivity index (χ0n) is 78.3. The lowest BCUT2D eigenvalue weighted by molar-refractivity contribution is -0.119. The summed E-state index contributed by atoms with van der Waals surface area (Å²) in [5.74, 6) is 2.51. The molecule has 6 amide bonds. The van der Waals surface area contributed by atoms with Crippen molar-refractivity contribution in [1.29, 1.82) is 0 Å². The van der Waals surface area contributed by atoms with Crippen molar-refractivity contribution in [3.63, 3.8) is 0 Å². The Bertz CT molecular complexity index is 5380. The van der Waals surface area contributed by atoms with Crippen LogP contribution in [0.1, 0.15) is 114 Å². The maximum atomic E-state index is 13.1. The van der Waals surface area contributed by atoms with E-state index in [1.165, 1.54) is 4.90 Å². The zero-order valence-corrected chi connectivity index (χ0v) is 78.3. The molecule has 4 fully saturated rings. The van der Waals surface area contributed by atoms with E-state index in [-0.39, 0.29) is 48.5 Å². The molecule has 0 saturated carbocycles. The normalized spacial score (nSPS) is 14.9. The molecule has 4 saturated heterocycles. The van der Waals surface area contributed by atoms with Gasteiger partial charge in [-0.2, -0.15) is 0 Å². The predicted octanol–water partition coefficient (Wildman–Crippen LogP) is 10.00. The molecule has 3 aromatic carbocycles. The Morgan fingerprint density at radius 3 is 0.841 bits per heavy atom. The Kier molecular flexibility index (Phi) is 38.2. The zero-order chi connectivity index (χ0) is 95.1. The van der Waals surface area contributed by atoms with Crippen molar-refractivity contribution >= 4 is 58.7 Å². The first-order valence-corrected chi connectivity index (χ1v) is 47.6. The van der Waals surface area contributed by atoms with Crippen LogP contribution in [0.15, 0.2) is 231 Å². The van der Waals surface area contributed by atoms with E-state index in [9.17, 15) is 28.8 Å². The molecule has 13 heterocycles. The Morgan fingerprint density at radius 2 is 0.572 bits per heavy atom. The summed E-state index contributed by atoms with van der Waals surface area (Å²) in [6, 6.07) is 66.2. The van der Waals surface area contributed by atoms with E-state index in [0.29, 0.717) is 250 Å². The first-order chi connectivity index (χ1) is 67.7. The smallest absolute Gasteiger partial charge is 0.261 e. The molecule has 722 valence electrons. The number of amides is 6. The standard InChI is InChI=1S/C56H63N11O7.C48H61N11O5/c68-53(40-63-22-27-72-28-23-63)61-51-17-9-13-46(59-51)38-65(36-44-11-3-5-19-57-44)34-42-31-43(33-48(32-42)74-26-8-7-21-67-55(70)49-15-1-2-16-50(49)56(67)71)35-66(37-45-12-4-6-20-58-45)39-47-14-10-18-52(60-47)62-54(69)41-64-24-29-73-30-25-64;49-15-3-6-22-64-44-28-38(30-58(32-40-9-1-4-16-50-40)34-42-11-7-13-45(52-42)54-47(60)36-56-18-23-62-24-19-56)27-39(29-44)31-59(33-41-10-2-5-17-51-41)35-43-12-8-14-46(53-43)55-48(61)37-57-20-25-63-26-21-57/h1-6,9-20,31-33H,7-8,21-30,34-41H2,(H,59,61,68)(H,60,62,69);1-2,4-5,7-14,16-17,27-29H,3,6,15,18-26,30-37,49H2,(H,52,54,60)(H,53,55,61). The summed E-state index contributed by atoms with van der Waals surface area (Å²) in [5.41, 5.74) is 17.7. The second-order valence-corrected chi connectivity index (χ2v) is 34.8. The van der Waals surface area contributed by atoms with Crippen LogP contribution < -0.4 is 36.5 Å². The van der Waals surface area contributed by atoms with Gasteiger partial charge in [0, 0.05) is 162 Å². The molecule has 138 heavy (non-hydrogen) atoms. The van der Waals surface area contributed by atoms with Crippen LogP contribution in [0.5, 0.6) is 11.5 Å². The fourth-order valence-electron chi connectivity index (χ4n) is 17.1. The number of fused-ring (bicyclic) bond motifs is 1. The number of nitrogens with two attached hydrogens (primary N) is 1. The van der Waals surface area contributed by atoms with Crippen LogP contribution in [0.25, 0.3) is 0 Å². The molecule has 0 unspecified atom stereocenters. The molecule has 11 aromatic rings. The maximum Gasteiger partial charge on any atom is 0.261 e. The van der Waals surface area contributed by atoms with E-state index in [1.54, 1.807) is 36.7 Å². The quantitative estimate of drug-likeness (QED) is 0.0175. The van der Waals surface area contributed by atoms with Crippen LogP contribution in [0.2, 0.25) is 0 Å². The first-order valence-electron chi connectivity index (χ1n) is 47.6. The molecule has 6 N–H and O–H groups in total. The van der Waals surface area contributed by atoms with E-state index in [4.69, 9.17) is 54.1 Å². The van der Waals surface area contributed by atoms with Gasteiger partial charge in [0.15, 0.2) is 0 Å². The SMILES string of the molecule is NCCCCOc1cc(CN(Cc2ccccn2)Cc2cccc(NC(=O)CN3CCOCC3)n2)cc(CN(Cc2ccccn2)Cc2cccc(NC(=O)CN3CCOCC3)n2)c1.O=C(CN1CCOCC1)Nc1cccc(CN(Cc2cc(CN(Cc3ccccn3)Cc3cccc(NC(=O)CN4CCOCC4)n3)cc(OCCCCN3C(=O)c4ccccc4C3=O)c2)Cc2ccccn2)n1. The Balaban J connectivity index is 0.000000212. The van der Waals surface area contributed by atoms with Gasteiger partial charge in [-0.3, -0.25) is 92.8 Å². The number of pyridine rings is 8. The lowest BCUT2D eigenvalue weighted by Crippen LogP contribution is -2.41. The van der Waals surface area contributed by atoms with Crippen molar-refractivity contribution in [3.8, 4) is 11.5 Å². The van der Waals surface area contributed by atoms with Crippen molar-refractivity contribution in [2.45, 2.75) is 104 Å². The number of unbranched alkanes of at least 4 members (excludes halogenated alkanes) is 2. The number of ether oxygens (including phenoxy) is 6. The first kappa shape index (κ1) is 99.4. The number of morpholine rings is 4. The summed E-state index contributed by atoms with van der Waals surface area (Å²) in [6.45, 7) is 20.0. The fraction of sp³-hybridized carbons (Fsp3) is 0.385. The third kappa shape index (κ3) is 32.8. The van der Waals surface area contributed by atoms with Crippen LogP contribution in [0, 0.1) is 0 Å². The highest BCUT2D eigenvalue weighted by atomic mass is 16.5. The van der Waals surface area contributed by atoms with E-state index in [1.807, 2.05) is 158 Å². The number of carbonyl (C=O) groups excluding carboxylic acids is 6. The minimum Gasteiger partial charge on any atom is -0.494 e. The molecule has 16 rings (SSSR count). The Hall–Kier alpha value is -13.0. The van der Waals surface area contributed by atoms with E-state index in [2.05, 4.69) is 117 Å². The Labute approximate surface area is 806 Å². The summed E-state index contributed by atoms with van der Waals surface area (Å²) in [7, 11) is 0. The topological polar surface area (TPSA) is 364 Å². The van der Waals surface area contributed by atoms with Crippen molar-refractivity contribution < 1.29 is 57.2 Å². The van der Waals surface area contributed by atoms with Gasteiger partial charge in [-0.05, 0) is 188 Å². The van der Waals surface area contributed by atoms with Crippen LogP contribution in [-0.2, 0) is 117 Å². The van der Waals surface area contributed by atoms with Crippen LogP contribution in [-0.4, -0.2) is 277 Å². The molecule has 8 aromatic heterocycles. The number of benzene rings is 3. The number of hydrogen-bond donors (Lipinski definition) is 5. The molecule has 0 atom stereocenters. The van der Waals surface area contributed by atoms with Crippen molar-refractivity contribution in [2.75, 3.05) is 179 Å². The molecule has 0 spiro atoms. The summed E-state index contributed by atoms with van der Waals surface area (Å²) in [6.07, 6.45) is 10.1. The van der Waals surface area contributed by atoms with Crippen LogP contribution in [0.4, 0.5) is 23.3 Å². The molecular formula is C104H124N22O12. The second kappa shape index (κ2) is 53.0. The van der Waals surface area contributed by atoms with Gasteiger partial charge in [0.05, 0.1) is 149 Å². The highest BCUT2D eigenvalue weighted by molar-refractivity contribution is 6.21. The van der Waals surface area contributed by atoms with E-state index in [0.717, 1.165) is 113 Å². The third-order valence-electron chi connectivity index (χ3n) is 23.6. The number of aromatic nitrogens is 8. The lowest BCUT2D eigenvalue weighted by atomic mass is 10.1. The average Bonchev–Trinajstić information content (AvgIpc) is 1.64. The van der Waals surface area contributed by atoms with Gasteiger partial charge in [0.1, 0.15) is 34.8 Å². The number of rotatable bonds is 47. The van der Waals surface area contributed by atoms with Crippen LogP contribution in [0.3, 0.4) is 0 Å². The second-order valence-electron chi connectivity index (χ2n) is 34.8. The Morgan fingerprint density at radius 1 is 0.312 bits per heavy atom. The van der Waals surface area contributed by atoms with Crippen molar-refractivity contribution in [3.05, 3.63) is 310 Å². The van der Waals surface area contributed by atoms with Gasteiger partial charge in [-0.25, -0.2) is 19.9 Å². The summed E-state index contributed by atoms with van der Waals surface area (Å²) in [4.78, 5) is 135. The molecular weight excluding hydrogens is 1750 g/mol. The molecule has 0 aliphatic carbocycles. The van der Waals surface area contributed by atoms with Gasteiger partial charge in [0.25, 0.3) is 11.8 Å². The molecule has 5 aliphatic heterocycles. The monoisotopic (exact) mass is 1870 g/mol. The lowest BCUT2D eigenvalue weighted by Gasteiger charge is -2.26. The van der Waals surface area contributed by atoms with Gasteiger partial charge < -0.3 is 55.4 Å². The maximum absolute atomic E-state index is 13.1. The van der Waals surface area contributed by atoms with Gasteiger partial charge >= 0.3 is 0 Å². The minimum absolute atomic E-state index is 0.0977. The number of imide groups is 1. The number of nitrogens with zero attached hydrogens (tertiary/aromatic N) is 17. The third-order valence-corrected chi connectivity index (χ3v) is 23.6. The molecule has 34 heteroatoms. The van der Waals surface area contributed by atoms with Gasteiger partial charge in [-0.1, -0.05) is 72.8 Å². The van der Waals surface area contributed by atoms with Crippen molar-refractivity contribution in [2.24, 2.45) is 5.73 Å². The van der Waals surface area contributed by atoms with E-state index < -0.39 is 0 Å². The van der Waals surface area contributed by atoms with E-state index >= 15 is 0 Å². The van der Waals surface area contributed by atoms with Crippen molar-refractivity contribution in [1.82, 2.24) is 84.0 Å². The fourth-order valence-corrected chi connectivity index (χ4v) is 17.1. The predicted molar refractivity (Wildman–Crippen MR) is 522 cm³/mol. The van der Waals surface area contributed by atoms with Crippen LogP contribution >= 0.6 is 0 Å². The number of hydrogen-bond acceptors (Lipinski definition) is 29. The molecule has 0 bridgehead atoms. The molecule has 0 radical (unpaired) electrons. The largest absolute Gasteiger partial charge is 0.494 e. The van der Waals surface area contributed by atoms with Gasteiger partial charge in [0.2, 0.25) is 23.6 Å². The highest BCUT2D eigenvalue weighted by Gasteiger charge is 2.35. The summed E-state index contributed by atoms with van der Waals surface area (Å²) < 4.78 is 34.7.